The third-order valence-corrected chi connectivity index (χ3v) is 2.30. The third-order valence-electron chi connectivity index (χ3n) is 2.30. The highest BCUT2D eigenvalue weighted by molar-refractivity contribution is 5.95. The molecule has 3 nitrogen and oxygen atoms in total. The average molecular weight is 213 g/mol. The molecule has 0 aliphatic heterocycles. The van der Waals surface area contributed by atoms with E-state index < -0.39 is 6.61 Å². The molecule has 3 heteroatoms. The molecule has 0 radical (unpaired) electrons. The van der Waals surface area contributed by atoms with E-state index in [1.807, 2.05) is 36.4 Å². The molecule has 0 aliphatic rings. The second-order valence-electron chi connectivity index (χ2n) is 3.38. The van der Waals surface area contributed by atoms with E-state index in [0.717, 1.165) is 11.1 Å². The van der Waals surface area contributed by atoms with Crippen molar-refractivity contribution in [1.82, 2.24) is 4.98 Å². The SMILES string of the molecule is O=C(CO)c1ccc(-c2ccccc2)cn1. The van der Waals surface area contributed by atoms with Gasteiger partial charge in [0.05, 0.1) is 0 Å². The number of nitrogens with zero attached hydrogens (tertiary/aromatic N) is 1. The van der Waals surface area contributed by atoms with Gasteiger partial charge in [0.1, 0.15) is 12.3 Å². The van der Waals surface area contributed by atoms with E-state index in [-0.39, 0.29) is 5.78 Å². The van der Waals surface area contributed by atoms with E-state index in [9.17, 15) is 4.79 Å². The smallest absolute Gasteiger partial charge is 0.206 e. The van der Waals surface area contributed by atoms with Crippen LogP contribution >= 0.6 is 0 Å². The standard InChI is InChI=1S/C13H11NO2/c15-9-13(16)12-7-6-11(8-14-12)10-4-2-1-3-5-10/h1-8,15H,9H2. The van der Waals surface area contributed by atoms with Crippen molar-refractivity contribution in [2.24, 2.45) is 0 Å². The molecule has 1 aromatic carbocycles. The molecule has 1 N–H and O–H groups in total. The Kier molecular flexibility index (Phi) is 3.08. The number of pyridine rings is 1. The van der Waals surface area contributed by atoms with Crippen LogP contribution in [0.2, 0.25) is 0 Å². The van der Waals surface area contributed by atoms with Gasteiger partial charge in [0.2, 0.25) is 5.78 Å². The number of hydrogen-bond acceptors (Lipinski definition) is 3. The Morgan fingerprint density at radius 2 is 1.81 bits per heavy atom. The number of benzene rings is 1. The summed E-state index contributed by atoms with van der Waals surface area (Å²) in [4.78, 5) is 15.2. The molecule has 0 aliphatic carbocycles. The molecule has 16 heavy (non-hydrogen) atoms. The molecular weight excluding hydrogens is 202 g/mol. The van der Waals surface area contributed by atoms with Gasteiger partial charge in [-0.2, -0.15) is 0 Å². The van der Waals surface area contributed by atoms with Crippen LogP contribution in [0.4, 0.5) is 0 Å². The average Bonchev–Trinajstić information content (AvgIpc) is 2.39. The molecule has 1 aromatic heterocycles. The second-order valence-corrected chi connectivity index (χ2v) is 3.38. The summed E-state index contributed by atoms with van der Waals surface area (Å²) in [7, 11) is 0. The molecule has 0 bridgehead atoms. The summed E-state index contributed by atoms with van der Waals surface area (Å²) in [6, 6.07) is 13.2. The fourth-order valence-corrected chi connectivity index (χ4v) is 1.44. The molecule has 1 heterocycles. The lowest BCUT2D eigenvalue weighted by molar-refractivity contribution is 0.0898. The predicted octanol–water partition coefficient (Wildman–Crippen LogP) is 1.92. The van der Waals surface area contributed by atoms with Crippen LogP contribution < -0.4 is 0 Å². The highest BCUT2D eigenvalue weighted by Gasteiger charge is 2.05. The summed E-state index contributed by atoms with van der Waals surface area (Å²) in [5.41, 5.74) is 2.30. The molecule has 0 amide bonds. The third kappa shape index (κ3) is 2.15. The maximum Gasteiger partial charge on any atom is 0.206 e. The first-order valence-corrected chi connectivity index (χ1v) is 4.97. The maximum absolute atomic E-state index is 11.1. The van der Waals surface area contributed by atoms with E-state index >= 15 is 0 Å². The van der Waals surface area contributed by atoms with Crippen molar-refractivity contribution in [3.63, 3.8) is 0 Å². The van der Waals surface area contributed by atoms with Crippen molar-refractivity contribution in [3.05, 3.63) is 54.4 Å². The van der Waals surface area contributed by atoms with Crippen molar-refractivity contribution in [2.75, 3.05) is 6.61 Å². The number of hydrogen-bond donors (Lipinski definition) is 1. The fraction of sp³-hybridized carbons (Fsp3) is 0.0769. The highest BCUT2D eigenvalue weighted by Crippen LogP contribution is 2.17. The Morgan fingerprint density at radius 1 is 1.06 bits per heavy atom. The summed E-state index contributed by atoms with van der Waals surface area (Å²) >= 11 is 0. The van der Waals surface area contributed by atoms with Crippen LogP contribution in [-0.2, 0) is 0 Å². The first kappa shape index (κ1) is 10.5. The monoisotopic (exact) mass is 213 g/mol. The van der Waals surface area contributed by atoms with E-state index in [1.54, 1.807) is 12.3 Å². The normalized spacial score (nSPS) is 10.1. The lowest BCUT2D eigenvalue weighted by Crippen LogP contribution is -2.06. The van der Waals surface area contributed by atoms with Crippen molar-refractivity contribution < 1.29 is 9.90 Å². The molecule has 0 saturated carbocycles. The summed E-state index contributed by atoms with van der Waals surface area (Å²) < 4.78 is 0. The van der Waals surface area contributed by atoms with Gasteiger partial charge in [-0.05, 0) is 11.6 Å². The van der Waals surface area contributed by atoms with E-state index in [0.29, 0.717) is 5.69 Å². The Morgan fingerprint density at radius 3 is 2.38 bits per heavy atom. The topological polar surface area (TPSA) is 50.2 Å². The minimum Gasteiger partial charge on any atom is -0.388 e. The minimum atomic E-state index is -0.502. The van der Waals surface area contributed by atoms with Crippen LogP contribution in [0.25, 0.3) is 11.1 Å². The second kappa shape index (κ2) is 4.68. The Bertz CT molecular complexity index is 477. The quantitative estimate of drug-likeness (QED) is 0.792. The van der Waals surface area contributed by atoms with Crippen molar-refractivity contribution in [2.45, 2.75) is 0 Å². The molecule has 80 valence electrons. The van der Waals surface area contributed by atoms with Crippen LogP contribution in [-0.4, -0.2) is 22.5 Å². The molecule has 2 rings (SSSR count). The van der Waals surface area contributed by atoms with Crippen LogP contribution in [0.3, 0.4) is 0 Å². The molecule has 0 atom stereocenters. The number of aromatic nitrogens is 1. The van der Waals surface area contributed by atoms with Gasteiger partial charge in [-0.3, -0.25) is 9.78 Å². The molecule has 0 fully saturated rings. The van der Waals surface area contributed by atoms with Crippen LogP contribution in [0.5, 0.6) is 0 Å². The first-order chi connectivity index (χ1) is 7.81. The van der Waals surface area contributed by atoms with E-state index in [2.05, 4.69) is 4.98 Å². The summed E-state index contributed by atoms with van der Waals surface area (Å²) in [6.07, 6.45) is 1.64. The zero-order chi connectivity index (χ0) is 11.4. The molecule has 0 saturated heterocycles. The number of ketones is 1. The van der Waals surface area contributed by atoms with Gasteiger partial charge in [-0.1, -0.05) is 36.4 Å². The van der Waals surface area contributed by atoms with E-state index in [1.165, 1.54) is 0 Å². The zero-order valence-corrected chi connectivity index (χ0v) is 8.63. The highest BCUT2D eigenvalue weighted by atomic mass is 16.3. The maximum atomic E-state index is 11.1. The largest absolute Gasteiger partial charge is 0.388 e. The Balaban J connectivity index is 2.30. The van der Waals surface area contributed by atoms with Crippen molar-refractivity contribution >= 4 is 5.78 Å². The number of carbonyl (C=O) groups excluding carboxylic acids is 1. The summed E-state index contributed by atoms with van der Waals surface area (Å²) in [5.74, 6) is -0.361. The van der Waals surface area contributed by atoms with Crippen molar-refractivity contribution in [1.29, 1.82) is 0 Å². The van der Waals surface area contributed by atoms with Crippen LogP contribution in [0.15, 0.2) is 48.7 Å². The first-order valence-electron chi connectivity index (χ1n) is 4.97. The van der Waals surface area contributed by atoms with Gasteiger partial charge in [0, 0.05) is 11.8 Å². The fourth-order valence-electron chi connectivity index (χ4n) is 1.44. The van der Waals surface area contributed by atoms with E-state index in [4.69, 9.17) is 5.11 Å². The van der Waals surface area contributed by atoms with Gasteiger partial charge < -0.3 is 5.11 Å². The molecular formula is C13H11NO2. The lowest BCUT2D eigenvalue weighted by Gasteiger charge is -2.01. The van der Waals surface area contributed by atoms with Gasteiger partial charge in [-0.15, -0.1) is 0 Å². The Labute approximate surface area is 93.4 Å². The van der Waals surface area contributed by atoms with Gasteiger partial charge >= 0.3 is 0 Å². The predicted molar refractivity (Wildman–Crippen MR) is 61.1 cm³/mol. The Hall–Kier alpha value is -2.00. The summed E-state index contributed by atoms with van der Waals surface area (Å²) in [6.45, 7) is -0.502. The number of Topliss-reactive ketones (excluding diaryl/α,β-unsaturated/α-hetero) is 1. The zero-order valence-electron chi connectivity index (χ0n) is 8.63. The molecule has 2 aromatic rings. The van der Waals surface area contributed by atoms with Crippen LogP contribution in [0.1, 0.15) is 10.5 Å². The van der Waals surface area contributed by atoms with Gasteiger partial charge in [0.15, 0.2) is 0 Å². The lowest BCUT2D eigenvalue weighted by atomic mass is 10.1. The number of rotatable bonds is 3. The molecule has 0 spiro atoms. The van der Waals surface area contributed by atoms with Gasteiger partial charge in [0.25, 0.3) is 0 Å². The minimum absolute atomic E-state index is 0.294. The number of carbonyl (C=O) groups is 1. The van der Waals surface area contributed by atoms with Gasteiger partial charge in [-0.25, -0.2) is 0 Å². The van der Waals surface area contributed by atoms with Crippen molar-refractivity contribution in [3.8, 4) is 11.1 Å². The summed E-state index contributed by atoms with van der Waals surface area (Å²) in [5, 5.41) is 8.69. The molecule has 0 unspecified atom stereocenters. The number of aliphatic hydroxyl groups excluding tert-OH is 1. The van der Waals surface area contributed by atoms with Crippen LogP contribution in [0, 0.1) is 0 Å². The number of aliphatic hydroxyl groups is 1.